The summed E-state index contributed by atoms with van der Waals surface area (Å²) in [6.07, 6.45) is 4.37. The number of nitrogens with zero attached hydrogens (tertiary/aromatic N) is 1. The van der Waals surface area contributed by atoms with E-state index in [1.54, 1.807) is 11.3 Å². The summed E-state index contributed by atoms with van der Waals surface area (Å²) in [6, 6.07) is 8.45. The zero-order chi connectivity index (χ0) is 19.7. The Morgan fingerprint density at radius 3 is 2.79 bits per heavy atom. The van der Waals surface area contributed by atoms with Crippen LogP contribution in [0.3, 0.4) is 0 Å². The minimum absolute atomic E-state index is 0.179. The van der Waals surface area contributed by atoms with E-state index < -0.39 is 0 Å². The molecule has 0 aliphatic carbocycles. The van der Waals surface area contributed by atoms with Gasteiger partial charge in [-0.1, -0.05) is 54.5 Å². The highest BCUT2D eigenvalue weighted by Crippen LogP contribution is 2.47. The lowest BCUT2D eigenvalue weighted by Gasteiger charge is -2.17. The highest BCUT2D eigenvalue weighted by atomic mass is 32.1. The second-order valence-electron chi connectivity index (χ2n) is 7.47. The van der Waals surface area contributed by atoms with Crippen LogP contribution in [0, 0.1) is 13.8 Å². The third-order valence-electron chi connectivity index (χ3n) is 5.24. The van der Waals surface area contributed by atoms with E-state index in [-0.39, 0.29) is 5.97 Å². The molecule has 4 rings (SSSR count). The van der Waals surface area contributed by atoms with Crippen LogP contribution < -0.4 is 10.1 Å². The number of thiophene rings is 1. The van der Waals surface area contributed by atoms with E-state index in [1.807, 2.05) is 6.92 Å². The number of hydrogen-bond acceptors (Lipinski definition) is 5. The average Bonchev–Trinajstić information content (AvgIpc) is 3.05. The molecule has 2 aromatic heterocycles. The molecule has 146 valence electrons. The van der Waals surface area contributed by atoms with Crippen LogP contribution in [-0.4, -0.2) is 17.5 Å². The largest absolute Gasteiger partial charge is 0.424 e. The maximum absolute atomic E-state index is 12.5. The topological polar surface area (TPSA) is 51.2 Å². The third-order valence-corrected chi connectivity index (χ3v) is 6.33. The van der Waals surface area contributed by atoms with E-state index in [9.17, 15) is 4.79 Å². The number of carbonyl (C=O) groups excluding carboxylic acids is 1. The number of aryl methyl sites for hydroxylation is 3. The smallest absolute Gasteiger partial charge is 0.311 e. The zero-order valence-electron chi connectivity index (χ0n) is 16.7. The first-order chi connectivity index (χ1) is 13.6. The lowest BCUT2D eigenvalue weighted by molar-refractivity contribution is -0.134. The van der Waals surface area contributed by atoms with Crippen molar-refractivity contribution in [3.8, 4) is 16.9 Å². The van der Waals surface area contributed by atoms with Crippen molar-refractivity contribution in [2.45, 2.75) is 52.9 Å². The molecule has 28 heavy (non-hydrogen) atoms. The van der Waals surface area contributed by atoms with Gasteiger partial charge < -0.3 is 10.1 Å². The number of fused-ring (bicyclic) bond motifs is 3. The zero-order valence-corrected chi connectivity index (χ0v) is 17.5. The van der Waals surface area contributed by atoms with E-state index in [1.165, 1.54) is 16.1 Å². The maximum Gasteiger partial charge on any atom is 0.311 e. The Balaban J connectivity index is 1.93. The highest BCUT2D eigenvalue weighted by molar-refractivity contribution is 7.22. The second-order valence-corrected chi connectivity index (χ2v) is 8.46. The summed E-state index contributed by atoms with van der Waals surface area (Å²) in [6.45, 7) is 7.09. The molecule has 3 aromatic rings. The Kier molecular flexibility index (Phi) is 5.36. The van der Waals surface area contributed by atoms with Gasteiger partial charge in [-0.25, -0.2) is 4.98 Å². The molecule has 0 radical (unpaired) electrons. The number of carbonyl (C=O) groups is 1. The van der Waals surface area contributed by atoms with Crippen LogP contribution in [0.1, 0.15) is 49.4 Å². The minimum atomic E-state index is -0.179. The van der Waals surface area contributed by atoms with Gasteiger partial charge in [0, 0.05) is 23.9 Å². The molecule has 0 fully saturated rings. The van der Waals surface area contributed by atoms with Gasteiger partial charge in [-0.05, 0) is 44.2 Å². The fourth-order valence-electron chi connectivity index (χ4n) is 3.74. The molecule has 0 unspecified atom stereocenters. The maximum atomic E-state index is 12.5. The lowest BCUT2D eigenvalue weighted by Crippen LogP contribution is -2.11. The number of hydrogen-bond donors (Lipinski definition) is 1. The number of nitrogens with one attached hydrogen (secondary N) is 1. The normalized spacial score (nSPS) is 13.2. The first-order valence-corrected chi connectivity index (χ1v) is 10.9. The summed E-state index contributed by atoms with van der Waals surface area (Å²) in [4.78, 5) is 18.3. The molecule has 1 N–H and O–H groups in total. The Morgan fingerprint density at radius 1 is 1.25 bits per heavy atom. The number of ether oxygens (including phenoxy) is 1. The summed E-state index contributed by atoms with van der Waals surface area (Å²) in [5, 5.41) is 5.86. The molecule has 1 aliphatic rings. The fraction of sp³-hybridized carbons (Fsp3) is 0.391. The monoisotopic (exact) mass is 394 g/mol. The Morgan fingerprint density at radius 2 is 2.04 bits per heavy atom. The summed E-state index contributed by atoms with van der Waals surface area (Å²) in [5.74, 6) is 0.435. The van der Waals surface area contributed by atoms with Crippen molar-refractivity contribution >= 4 is 32.5 Å². The van der Waals surface area contributed by atoms with Crippen molar-refractivity contribution < 1.29 is 9.53 Å². The van der Waals surface area contributed by atoms with Crippen LogP contribution in [0.5, 0.6) is 5.75 Å². The first kappa shape index (κ1) is 18.9. The fourth-order valence-corrected chi connectivity index (χ4v) is 4.95. The lowest BCUT2D eigenvalue weighted by atomic mass is 9.95. The number of rotatable bonds is 5. The molecule has 0 spiro atoms. The SMILES string of the molecule is CCCCC(=O)Oc1c(C)nc2sc3c(c2c1-c1ccc(C)cc1)CCCN3. The number of anilines is 1. The van der Waals surface area contributed by atoms with Crippen molar-refractivity contribution in [1.29, 1.82) is 0 Å². The minimum Gasteiger partial charge on any atom is -0.424 e. The average molecular weight is 395 g/mol. The van der Waals surface area contributed by atoms with E-state index in [4.69, 9.17) is 9.72 Å². The van der Waals surface area contributed by atoms with Gasteiger partial charge in [-0.3, -0.25) is 4.79 Å². The number of benzene rings is 1. The molecule has 1 aliphatic heterocycles. The van der Waals surface area contributed by atoms with Gasteiger partial charge in [0.05, 0.1) is 10.7 Å². The number of aromatic nitrogens is 1. The van der Waals surface area contributed by atoms with E-state index in [2.05, 4.69) is 43.4 Å². The number of unbranched alkanes of at least 4 members (excludes halogenated alkanes) is 1. The van der Waals surface area contributed by atoms with Gasteiger partial charge in [-0.2, -0.15) is 0 Å². The molecule has 4 nitrogen and oxygen atoms in total. The van der Waals surface area contributed by atoms with Crippen molar-refractivity contribution in [3.05, 3.63) is 41.1 Å². The molecule has 0 saturated carbocycles. The van der Waals surface area contributed by atoms with E-state index in [0.29, 0.717) is 12.2 Å². The van der Waals surface area contributed by atoms with Crippen LogP contribution in [-0.2, 0) is 11.2 Å². The molecule has 3 heterocycles. The molecular weight excluding hydrogens is 368 g/mol. The van der Waals surface area contributed by atoms with Crippen LogP contribution in [0.25, 0.3) is 21.3 Å². The van der Waals surface area contributed by atoms with Gasteiger partial charge in [0.1, 0.15) is 4.83 Å². The Hall–Kier alpha value is -2.40. The standard InChI is InChI=1S/C23H26N2O2S/c1-4-5-8-18(26)27-21-15(3)25-23-20(17-7-6-13-24-22(17)28-23)19(21)16-11-9-14(2)10-12-16/h9-12,24H,4-8,13H2,1-3H3. The van der Waals surface area contributed by atoms with Crippen molar-refractivity contribution in [1.82, 2.24) is 4.98 Å². The molecular formula is C23H26N2O2S. The Bertz CT molecular complexity index is 1020. The predicted molar refractivity (Wildman–Crippen MR) is 117 cm³/mol. The van der Waals surface area contributed by atoms with Crippen molar-refractivity contribution in [2.24, 2.45) is 0 Å². The summed E-state index contributed by atoms with van der Waals surface area (Å²) in [5.41, 5.74) is 5.37. The van der Waals surface area contributed by atoms with Gasteiger partial charge in [-0.15, -0.1) is 0 Å². The summed E-state index contributed by atoms with van der Waals surface area (Å²) >= 11 is 1.70. The van der Waals surface area contributed by atoms with Crippen LogP contribution in [0.15, 0.2) is 24.3 Å². The first-order valence-electron chi connectivity index (χ1n) is 10.1. The third kappa shape index (κ3) is 3.51. The molecule has 5 heteroatoms. The Labute approximate surface area is 169 Å². The predicted octanol–water partition coefficient (Wildman–Crippen LogP) is 6.03. The van der Waals surface area contributed by atoms with E-state index >= 15 is 0 Å². The molecule has 1 aromatic carbocycles. The molecule has 0 bridgehead atoms. The molecule has 0 amide bonds. The number of pyridine rings is 1. The van der Waals surface area contributed by atoms with Gasteiger partial charge in [0.2, 0.25) is 0 Å². The van der Waals surface area contributed by atoms with Crippen molar-refractivity contribution in [3.63, 3.8) is 0 Å². The van der Waals surface area contributed by atoms with Crippen molar-refractivity contribution in [2.75, 3.05) is 11.9 Å². The van der Waals surface area contributed by atoms with Crippen LogP contribution in [0.2, 0.25) is 0 Å². The molecule has 0 saturated heterocycles. The van der Waals surface area contributed by atoms with Crippen LogP contribution in [0.4, 0.5) is 5.00 Å². The van der Waals surface area contributed by atoms with Crippen LogP contribution >= 0.6 is 11.3 Å². The number of esters is 1. The second kappa shape index (κ2) is 7.92. The quantitative estimate of drug-likeness (QED) is 0.537. The highest BCUT2D eigenvalue weighted by Gasteiger charge is 2.25. The summed E-state index contributed by atoms with van der Waals surface area (Å²) < 4.78 is 5.91. The van der Waals surface area contributed by atoms with Gasteiger partial charge in [0.15, 0.2) is 5.75 Å². The summed E-state index contributed by atoms with van der Waals surface area (Å²) in [7, 11) is 0. The molecule has 0 atom stereocenters. The van der Waals surface area contributed by atoms with E-state index in [0.717, 1.165) is 59.3 Å². The van der Waals surface area contributed by atoms with Gasteiger partial charge >= 0.3 is 5.97 Å². The van der Waals surface area contributed by atoms with Gasteiger partial charge in [0.25, 0.3) is 0 Å².